The Balaban J connectivity index is 0.000000924. The van der Waals surface area contributed by atoms with Crippen LogP contribution in [0, 0.1) is 11.3 Å². The minimum absolute atomic E-state index is 0.225. The highest BCUT2D eigenvalue weighted by Gasteiger charge is 2.26. The van der Waals surface area contributed by atoms with E-state index in [0.29, 0.717) is 10.6 Å². The molecule has 1 heterocycles. The molecule has 0 aromatic heterocycles. The molecule has 4 heteroatoms. The van der Waals surface area contributed by atoms with E-state index >= 15 is 0 Å². The van der Waals surface area contributed by atoms with Crippen molar-refractivity contribution in [1.29, 1.82) is 5.26 Å². The molecule has 1 aliphatic rings. The van der Waals surface area contributed by atoms with Crippen molar-refractivity contribution in [3.05, 3.63) is 68.7 Å². The second-order valence-electron chi connectivity index (χ2n) is 5.44. The maximum Gasteiger partial charge on any atom is 0.0991 e. The SMILES string of the molecule is CC.CN1Cc2c(Cl)cc(Cl)cc2C(c2ccc(C#N)cc2)C1. The van der Waals surface area contributed by atoms with Crippen molar-refractivity contribution < 1.29 is 0 Å². The molecule has 23 heavy (non-hydrogen) atoms. The van der Waals surface area contributed by atoms with Crippen molar-refractivity contribution in [1.82, 2.24) is 4.90 Å². The Labute approximate surface area is 148 Å². The molecule has 1 atom stereocenters. The van der Waals surface area contributed by atoms with Crippen LogP contribution in [0.1, 0.15) is 42.0 Å². The lowest BCUT2D eigenvalue weighted by molar-refractivity contribution is 0.295. The summed E-state index contributed by atoms with van der Waals surface area (Å²) in [5, 5.41) is 10.3. The lowest BCUT2D eigenvalue weighted by Gasteiger charge is -2.33. The Morgan fingerprint density at radius 1 is 1.13 bits per heavy atom. The van der Waals surface area contributed by atoms with Gasteiger partial charge in [-0.15, -0.1) is 0 Å². The molecule has 2 aromatic carbocycles. The van der Waals surface area contributed by atoms with Gasteiger partial charge in [-0.25, -0.2) is 0 Å². The van der Waals surface area contributed by atoms with E-state index in [-0.39, 0.29) is 5.92 Å². The van der Waals surface area contributed by atoms with Crippen LogP contribution in [0.25, 0.3) is 0 Å². The van der Waals surface area contributed by atoms with Gasteiger partial charge in [0.1, 0.15) is 0 Å². The van der Waals surface area contributed by atoms with Gasteiger partial charge in [-0.05, 0) is 48.0 Å². The van der Waals surface area contributed by atoms with Crippen LogP contribution in [0.5, 0.6) is 0 Å². The van der Waals surface area contributed by atoms with Gasteiger partial charge in [0.25, 0.3) is 0 Å². The molecule has 0 saturated carbocycles. The number of fused-ring (bicyclic) bond motifs is 1. The second-order valence-corrected chi connectivity index (χ2v) is 6.28. The Kier molecular flexibility index (Phi) is 6.07. The van der Waals surface area contributed by atoms with E-state index in [1.54, 1.807) is 6.07 Å². The summed E-state index contributed by atoms with van der Waals surface area (Å²) in [5.74, 6) is 0.225. The summed E-state index contributed by atoms with van der Waals surface area (Å²) < 4.78 is 0. The Morgan fingerprint density at radius 2 is 1.78 bits per heavy atom. The van der Waals surface area contributed by atoms with E-state index in [0.717, 1.165) is 23.7 Å². The van der Waals surface area contributed by atoms with E-state index in [1.165, 1.54) is 11.1 Å². The summed E-state index contributed by atoms with van der Waals surface area (Å²) in [6.45, 7) is 5.74. The standard InChI is InChI=1S/C17H14Cl2N2.C2H6/c1-21-9-15(12-4-2-11(8-20)3-5-12)14-6-13(18)7-17(19)16(14)10-21;1-2/h2-7,15H,9-10H2,1H3;1-2H3. The highest BCUT2D eigenvalue weighted by atomic mass is 35.5. The van der Waals surface area contributed by atoms with Gasteiger partial charge in [-0.2, -0.15) is 5.26 Å². The van der Waals surface area contributed by atoms with Gasteiger partial charge in [-0.3, -0.25) is 0 Å². The quantitative estimate of drug-likeness (QED) is 0.684. The summed E-state index contributed by atoms with van der Waals surface area (Å²) >= 11 is 12.5. The molecular weight excluding hydrogens is 327 g/mol. The van der Waals surface area contributed by atoms with Crippen LogP contribution in [0.3, 0.4) is 0 Å². The fraction of sp³-hybridized carbons (Fsp3) is 0.316. The van der Waals surface area contributed by atoms with E-state index in [1.807, 2.05) is 44.2 Å². The lowest BCUT2D eigenvalue weighted by atomic mass is 9.84. The molecule has 3 rings (SSSR count). The molecule has 1 unspecified atom stereocenters. The zero-order valence-electron chi connectivity index (χ0n) is 13.6. The first-order valence-corrected chi connectivity index (χ1v) is 8.50. The zero-order chi connectivity index (χ0) is 17.0. The second kappa shape index (κ2) is 7.84. The molecule has 1 aliphatic heterocycles. The normalized spacial score (nSPS) is 16.8. The van der Waals surface area contributed by atoms with Gasteiger partial charge in [-0.1, -0.05) is 49.2 Å². The van der Waals surface area contributed by atoms with Crippen molar-refractivity contribution in [2.75, 3.05) is 13.6 Å². The third kappa shape index (κ3) is 3.87. The molecule has 0 fully saturated rings. The van der Waals surface area contributed by atoms with Gasteiger partial charge in [0.15, 0.2) is 0 Å². The van der Waals surface area contributed by atoms with E-state index in [2.05, 4.69) is 18.0 Å². The molecular formula is C19H20Cl2N2. The molecule has 0 spiro atoms. The van der Waals surface area contributed by atoms with Crippen molar-refractivity contribution >= 4 is 23.2 Å². The van der Waals surface area contributed by atoms with Crippen LogP contribution >= 0.6 is 23.2 Å². The third-order valence-electron chi connectivity index (χ3n) is 3.93. The van der Waals surface area contributed by atoms with E-state index in [9.17, 15) is 0 Å². The average molecular weight is 347 g/mol. The van der Waals surface area contributed by atoms with Crippen LogP contribution in [-0.4, -0.2) is 18.5 Å². The highest BCUT2D eigenvalue weighted by molar-refractivity contribution is 6.35. The molecule has 0 radical (unpaired) electrons. The lowest BCUT2D eigenvalue weighted by Crippen LogP contribution is -2.31. The number of halogens is 2. The number of likely N-dealkylation sites (N-methyl/N-ethyl adjacent to an activating group) is 1. The predicted octanol–water partition coefficient (Wildman–Crippen LogP) is 5.47. The maximum atomic E-state index is 8.92. The van der Waals surface area contributed by atoms with Crippen molar-refractivity contribution in [2.45, 2.75) is 26.3 Å². The van der Waals surface area contributed by atoms with Crippen LogP contribution in [0.4, 0.5) is 0 Å². The third-order valence-corrected chi connectivity index (χ3v) is 4.49. The number of rotatable bonds is 1. The molecule has 2 aromatic rings. The topological polar surface area (TPSA) is 27.0 Å². The minimum Gasteiger partial charge on any atom is -0.301 e. The first-order chi connectivity index (χ1) is 11.1. The number of benzene rings is 2. The average Bonchev–Trinajstić information content (AvgIpc) is 2.57. The maximum absolute atomic E-state index is 8.92. The van der Waals surface area contributed by atoms with E-state index in [4.69, 9.17) is 28.5 Å². The molecule has 0 bridgehead atoms. The molecule has 0 amide bonds. The molecule has 2 nitrogen and oxygen atoms in total. The molecule has 120 valence electrons. The van der Waals surface area contributed by atoms with E-state index < -0.39 is 0 Å². The minimum atomic E-state index is 0.225. The molecule has 0 aliphatic carbocycles. The van der Waals surface area contributed by atoms with Gasteiger partial charge < -0.3 is 4.90 Å². The fourth-order valence-corrected chi connectivity index (χ4v) is 3.49. The van der Waals surface area contributed by atoms with Crippen LogP contribution in [-0.2, 0) is 6.54 Å². The van der Waals surface area contributed by atoms with Crippen molar-refractivity contribution in [3.63, 3.8) is 0 Å². The van der Waals surface area contributed by atoms with Crippen LogP contribution in [0.2, 0.25) is 10.0 Å². The zero-order valence-corrected chi connectivity index (χ0v) is 15.1. The van der Waals surface area contributed by atoms with Gasteiger partial charge in [0.05, 0.1) is 11.6 Å². The Morgan fingerprint density at radius 3 is 2.39 bits per heavy atom. The first-order valence-electron chi connectivity index (χ1n) is 7.75. The predicted molar refractivity (Wildman–Crippen MR) is 97.1 cm³/mol. The first kappa shape index (κ1) is 17.8. The summed E-state index contributed by atoms with van der Waals surface area (Å²) in [4.78, 5) is 2.25. The summed E-state index contributed by atoms with van der Waals surface area (Å²) in [5.41, 5.74) is 4.19. The smallest absolute Gasteiger partial charge is 0.0991 e. The summed E-state index contributed by atoms with van der Waals surface area (Å²) in [6.07, 6.45) is 0. The number of hydrogen-bond acceptors (Lipinski definition) is 2. The molecule has 0 saturated heterocycles. The summed E-state index contributed by atoms with van der Waals surface area (Å²) in [7, 11) is 2.09. The van der Waals surface area contributed by atoms with Crippen LogP contribution in [0.15, 0.2) is 36.4 Å². The number of nitriles is 1. The number of nitrogens with zero attached hydrogens (tertiary/aromatic N) is 2. The fourth-order valence-electron chi connectivity index (χ4n) is 2.92. The van der Waals surface area contributed by atoms with Crippen molar-refractivity contribution in [3.8, 4) is 6.07 Å². The highest BCUT2D eigenvalue weighted by Crippen LogP contribution is 2.38. The van der Waals surface area contributed by atoms with Gasteiger partial charge >= 0.3 is 0 Å². The Bertz CT molecular complexity index is 717. The van der Waals surface area contributed by atoms with Gasteiger partial charge in [0.2, 0.25) is 0 Å². The number of hydrogen-bond donors (Lipinski definition) is 0. The van der Waals surface area contributed by atoms with Crippen LogP contribution < -0.4 is 0 Å². The monoisotopic (exact) mass is 346 g/mol. The van der Waals surface area contributed by atoms with Crippen molar-refractivity contribution in [2.24, 2.45) is 0 Å². The van der Waals surface area contributed by atoms with Gasteiger partial charge in [0, 0.05) is 29.1 Å². The summed E-state index contributed by atoms with van der Waals surface area (Å²) in [6, 6.07) is 13.7. The largest absolute Gasteiger partial charge is 0.301 e. The molecule has 0 N–H and O–H groups in total. The Hall–Kier alpha value is -1.53.